The smallest absolute Gasteiger partial charge is 0.262 e. The summed E-state index contributed by atoms with van der Waals surface area (Å²) in [5.41, 5.74) is 1.69. The summed E-state index contributed by atoms with van der Waals surface area (Å²) in [4.78, 5) is 21.5. The molecule has 0 aliphatic heterocycles. The van der Waals surface area contributed by atoms with Gasteiger partial charge >= 0.3 is 0 Å². The van der Waals surface area contributed by atoms with Crippen LogP contribution in [-0.4, -0.2) is 40.0 Å². The molecule has 0 radical (unpaired) electrons. The van der Waals surface area contributed by atoms with Crippen molar-refractivity contribution in [1.82, 2.24) is 34.3 Å². The minimum absolute atomic E-state index is 0.0168. The van der Waals surface area contributed by atoms with Crippen molar-refractivity contribution in [2.75, 3.05) is 5.75 Å². The predicted octanol–water partition coefficient (Wildman–Crippen LogP) is 4.01. The molecule has 0 atom stereocenters. The van der Waals surface area contributed by atoms with Crippen molar-refractivity contribution in [3.05, 3.63) is 65.0 Å². The van der Waals surface area contributed by atoms with Gasteiger partial charge in [0, 0.05) is 36.7 Å². The number of unbranched alkanes of at least 4 members (excludes halogenated alkanes) is 1. The van der Waals surface area contributed by atoms with E-state index in [1.165, 1.54) is 0 Å². The SMILES string of the molecule is CCCCn1c(=O)c2ccccc2n2c(SCCCc3nc(-c4ccncc4)no3)nnc12. The van der Waals surface area contributed by atoms with Crippen LogP contribution in [0.15, 0.2) is 63.3 Å². The van der Waals surface area contributed by atoms with Gasteiger partial charge in [0.25, 0.3) is 5.56 Å². The zero-order valence-electron chi connectivity index (χ0n) is 18.2. The van der Waals surface area contributed by atoms with Gasteiger partial charge < -0.3 is 4.52 Å². The highest BCUT2D eigenvalue weighted by Crippen LogP contribution is 2.23. The van der Waals surface area contributed by atoms with Gasteiger partial charge in [-0.15, -0.1) is 10.2 Å². The summed E-state index contributed by atoms with van der Waals surface area (Å²) in [6.45, 7) is 2.74. The number of benzene rings is 1. The lowest BCUT2D eigenvalue weighted by Crippen LogP contribution is -2.23. The van der Waals surface area contributed by atoms with Crippen molar-refractivity contribution in [2.45, 2.75) is 44.3 Å². The molecule has 0 N–H and O–H groups in total. The van der Waals surface area contributed by atoms with Gasteiger partial charge in [-0.25, -0.2) is 0 Å². The fourth-order valence-corrected chi connectivity index (χ4v) is 4.59. The molecular weight excluding hydrogens is 438 g/mol. The number of thioether (sulfide) groups is 1. The quantitative estimate of drug-likeness (QED) is 0.239. The van der Waals surface area contributed by atoms with Crippen LogP contribution in [0.1, 0.15) is 32.1 Å². The summed E-state index contributed by atoms with van der Waals surface area (Å²) >= 11 is 1.61. The Morgan fingerprint density at radius 1 is 1.06 bits per heavy atom. The number of hydrogen-bond acceptors (Lipinski definition) is 8. The molecule has 168 valence electrons. The van der Waals surface area contributed by atoms with Gasteiger partial charge in [0.05, 0.1) is 10.9 Å². The average Bonchev–Trinajstić information content (AvgIpc) is 3.50. The number of fused-ring (bicyclic) bond motifs is 3. The molecule has 0 unspecified atom stereocenters. The molecule has 5 aromatic rings. The third kappa shape index (κ3) is 4.25. The highest BCUT2D eigenvalue weighted by Gasteiger charge is 2.16. The molecule has 1 aromatic carbocycles. The summed E-state index contributed by atoms with van der Waals surface area (Å²) in [6, 6.07) is 11.3. The molecule has 0 bridgehead atoms. The van der Waals surface area contributed by atoms with Crippen LogP contribution in [0.25, 0.3) is 28.1 Å². The van der Waals surface area contributed by atoms with E-state index in [9.17, 15) is 4.79 Å². The van der Waals surface area contributed by atoms with Crippen LogP contribution in [0.5, 0.6) is 0 Å². The second-order valence-corrected chi connectivity index (χ2v) is 8.71. The lowest BCUT2D eigenvalue weighted by Gasteiger charge is -2.10. The Bertz CT molecular complexity index is 1440. The highest BCUT2D eigenvalue weighted by molar-refractivity contribution is 7.99. The molecule has 33 heavy (non-hydrogen) atoms. The van der Waals surface area contributed by atoms with Gasteiger partial charge in [-0.3, -0.25) is 18.7 Å². The Kier molecular flexibility index (Phi) is 6.16. The van der Waals surface area contributed by atoms with E-state index in [1.807, 2.05) is 40.8 Å². The number of aryl methyl sites for hydroxylation is 2. The monoisotopic (exact) mass is 461 g/mol. The summed E-state index contributed by atoms with van der Waals surface area (Å²) in [5, 5.41) is 14.3. The molecule has 4 aromatic heterocycles. The molecule has 0 spiro atoms. The van der Waals surface area contributed by atoms with Gasteiger partial charge in [0.1, 0.15) is 0 Å². The normalized spacial score (nSPS) is 11.5. The molecule has 0 saturated carbocycles. The van der Waals surface area contributed by atoms with Crippen LogP contribution in [0, 0.1) is 0 Å². The first-order valence-corrected chi connectivity index (χ1v) is 12.0. The van der Waals surface area contributed by atoms with Crippen molar-refractivity contribution >= 4 is 28.4 Å². The zero-order valence-corrected chi connectivity index (χ0v) is 19.0. The van der Waals surface area contributed by atoms with E-state index in [2.05, 4.69) is 32.2 Å². The van der Waals surface area contributed by atoms with Crippen molar-refractivity contribution < 1.29 is 4.52 Å². The van der Waals surface area contributed by atoms with E-state index in [-0.39, 0.29) is 5.56 Å². The average molecular weight is 462 g/mol. The summed E-state index contributed by atoms with van der Waals surface area (Å²) < 4.78 is 9.12. The van der Waals surface area contributed by atoms with Gasteiger partial charge in [-0.05, 0) is 37.1 Å². The van der Waals surface area contributed by atoms with Crippen molar-refractivity contribution in [1.29, 1.82) is 0 Å². The van der Waals surface area contributed by atoms with Crippen molar-refractivity contribution in [3.8, 4) is 11.4 Å². The predicted molar refractivity (Wildman–Crippen MR) is 126 cm³/mol. The van der Waals surface area contributed by atoms with E-state index >= 15 is 0 Å². The second-order valence-electron chi connectivity index (χ2n) is 7.65. The fraction of sp³-hybridized carbons (Fsp3) is 0.304. The first-order valence-electron chi connectivity index (χ1n) is 11.0. The van der Waals surface area contributed by atoms with Crippen LogP contribution in [0.2, 0.25) is 0 Å². The van der Waals surface area contributed by atoms with Crippen molar-refractivity contribution in [3.63, 3.8) is 0 Å². The van der Waals surface area contributed by atoms with Crippen LogP contribution in [0.3, 0.4) is 0 Å². The molecule has 0 amide bonds. The maximum Gasteiger partial charge on any atom is 0.262 e. The molecule has 5 rings (SSSR count). The lowest BCUT2D eigenvalue weighted by molar-refractivity contribution is 0.378. The maximum absolute atomic E-state index is 13.0. The molecule has 4 heterocycles. The highest BCUT2D eigenvalue weighted by atomic mass is 32.2. The number of para-hydroxylation sites is 1. The third-order valence-electron chi connectivity index (χ3n) is 5.39. The van der Waals surface area contributed by atoms with Crippen LogP contribution < -0.4 is 5.56 Å². The number of pyridine rings is 1. The number of aromatic nitrogens is 7. The number of nitrogens with zero attached hydrogens (tertiary/aromatic N) is 7. The number of rotatable bonds is 9. The van der Waals surface area contributed by atoms with E-state index in [4.69, 9.17) is 4.52 Å². The van der Waals surface area contributed by atoms with Crippen LogP contribution in [0.4, 0.5) is 0 Å². The van der Waals surface area contributed by atoms with Crippen LogP contribution in [-0.2, 0) is 13.0 Å². The topological polar surface area (TPSA) is 104 Å². The Morgan fingerprint density at radius 2 is 1.91 bits per heavy atom. The molecular formula is C23H23N7O2S. The molecule has 0 saturated heterocycles. The van der Waals surface area contributed by atoms with Gasteiger partial charge in [0.15, 0.2) is 5.16 Å². The van der Waals surface area contributed by atoms with Gasteiger partial charge in [0.2, 0.25) is 17.5 Å². The standard InChI is InChI=1S/C23H23N7O2S/c1-2-3-14-29-21(31)17-7-4-5-8-18(17)30-22(29)26-27-23(30)33-15-6-9-19-25-20(28-32-19)16-10-12-24-13-11-16/h4-5,7-8,10-13H,2-3,6,9,14-15H2,1H3. The first-order chi connectivity index (χ1) is 16.3. The Labute approximate surface area is 193 Å². The lowest BCUT2D eigenvalue weighted by atomic mass is 10.2. The first kappa shape index (κ1) is 21.3. The Balaban J connectivity index is 1.33. The van der Waals surface area contributed by atoms with E-state index < -0.39 is 0 Å². The van der Waals surface area contributed by atoms with E-state index in [0.717, 1.165) is 41.3 Å². The third-order valence-corrected chi connectivity index (χ3v) is 6.40. The van der Waals surface area contributed by atoms with E-state index in [0.29, 0.717) is 35.8 Å². The maximum atomic E-state index is 13.0. The Hall–Kier alpha value is -3.53. The van der Waals surface area contributed by atoms with E-state index in [1.54, 1.807) is 28.7 Å². The second kappa shape index (κ2) is 9.53. The van der Waals surface area contributed by atoms with Crippen molar-refractivity contribution in [2.24, 2.45) is 0 Å². The minimum atomic E-state index is -0.0168. The zero-order chi connectivity index (χ0) is 22.6. The Morgan fingerprint density at radius 3 is 2.76 bits per heavy atom. The molecule has 10 heteroatoms. The van der Waals surface area contributed by atoms with Gasteiger partial charge in [-0.2, -0.15) is 4.98 Å². The number of hydrogen-bond donors (Lipinski definition) is 0. The molecule has 0 fully saturated rings. The summed E-state index contributed by atoms with van der Waals surface area (Å²) in [7, 11) is 0. The fourth-order valence-electron chi connectivity index (χ4n) is 3.71. The summed E-state index contributed by atoms with van der Waals surface area (Å²) in [6.07, 6.45) is 6.83. The molecule has 9 nitrogen and oxygen atoms in total. The van der Waals surface area contributed by atoms with Crippen LogP contribution >= 0.6 is 11.8 Å². The molecule has 0 aliphatic rings. The van der Waals surface area contributed by atoms with Gasteiger partial charge in [-0.1, -0.05) is 42.4 Å². The summed E-state index contributed by atoms with van der Waals surface area (Å²) in [5.74, 6) is 2.57. The largest absolute Gasteiger partial charge is 0.339 e. The molecule has 0 aliphatic carbocycles. The minimum Gasteiger partial charge on any atom is -0.339 e.